The molecule has 4 nitrogen and oxygen atoms in total. The Morgan fingerprint density at radius 3 is 2.80 bits per heavy atom. The molecule has 0 spiro atoms. The molecule has 1 atom stereocenters. The van der Waals surface area contributed by atoms with Crippen molar-refractivity contribution in [2.75, 3.05) is 7.11 Å². The Hall–Kier alpha value is -1.07. The zero-order valence-corrected chi connectivity index (χ0v) is 13.3. The number of nitrogens with one attached hydrogen (secondary N) is 1. The highest BCUT2D eigenvalue weighted by atomic mass is 79.9. The lowest BCUT2D eigenvalue weighted by Gasteiger charge is -2.17. The lowest BCUT2D eigenvalue weighted by molar-refractivity contribution is -0.145. The topological polar surface area (TPSA) is 55.4 Å². The largest absolute Gasteiger partial charge is 0.467 e. The quantitative estimate of drug-likeness (QED) is 0.822. The van der Waals surface area contributed by atoms with Crippen LogP contribution in [0.5, 0.6) is 0 Å². The number of methoxy groups -OCH3 is 1. The normalized spacial score (nSPS) is 15.6. The van der Waals surface area contributed by atoms with E-state index in [-0.39, 0.29) is 11.8 Å². The van der Waals surface area contributed by atoms with Gasteiger partial charge in [-0.05, 0) is 36.6 Å². The molecule has 0 radical (unpaired) electrons. The van der Waals surface area contributed by atoms with Crippen LogP contribution in [0.1, 0.15) is 18.4 Å². The molecule has 6 heteroatoms. The summed E-state index contributed by atoms with van der Waals surface area (Å²) in [5, 5.41) is 3.33. The summed E-state index contributed by atoms with van der Waals surface area (Å²) >= 11 is 9.37. The minimum atomic E-state index is -0.692. The van der Waals surface area contributed by atoms with Crippen LogP contribution in [-0.4, -0.2) is 25.0 Å². The van der Waals surface area contributed by atoms with E-state index in [2.05, 4.69) is 21.2 Å². The molecule has 0 heterocycles. The van der Waals surface area contributed by atoms with E-state index in [1.807, 2.05) is 6.07 Å². The van der Waals surface area contributed by atoms with Gasteiger partial charge in [-0.1, -0.05) is 27.5 Å². The van der Waals surface area contributed by atoms with E-state index >= 15 is 0 Å². The fraction of sp³-hybridized carbons (Fsp3) is 0.429. The fourth-order valence-corrected chi connectivity index (χ4v) is 2.49. The number of rotatable bonds is 5. The zero-order chi connectivity index (χ0) is 14.7. The maximum absolute atomic E-state index is 11.8. The van der Waals surface area contributed by atoms with Crippen molar-refractivity contribution in [3.05, 3.63) is 33.3 Å². The van der Waals surface area contributed by atoms with E-state index in [4.69, 9.17) is 16.3 Å². The highest BCUT2D eigenvalue weighted by molar-refractivity contribution is 9.10. The van der Waals surface area contributed by atoms with E-state index in [0.717, 1.165) is 22.9 Å². The van der Waals surface area contributed by atoms with Crippen molar-refractivity contribution >= 4 is 39.4 Å². The van der Waals surface area contributed by atoms with E-state index in [1.165, 1.54) is 7.11 Å². The molecular weight excluding hydrogens is 346 g/mol. The Bertz CT molecular complexity index is 531. The molecule has 1 aromatic rings. The first kappa shape index (κ1) is 15.3. The van der Waals surface area contributed by atoms with Crippen LogP contribution in [-0.2, 0) is 20.7 Å². The van der Waals surface area contributed by atoms with Gasteiger partial charge in [-0.2, -0.15) is 0 Å². The molecule has 1 saturated carbocycles. The van der Waals surface area contributed by atoms with Crippen molar-refractivity contribution < 1.29 is 14.3 Å². The second-order valence-corrected chi connectivity index (χ2v) is 6.09. The van der Waals surface area contributed by atoms with E-state index in [1.54, 1.807) is 12.1 Å². The molecule has 20 heavy (non-hydrogen) atoms. The summed E-state index contributed by atoms with van der Waals surface area (Å²) in [6, 6.07) is 4.65. The zero-order valence-electron chi connectivity index (χ0n) is 11.0. The summed E-state index contributed by atoms with van der Waals surface area (Å²) in [5.41, 5.74) is 0.851. The number of hydrogen-bond acceptors (Lipinski definition) is 3. The summed E-state index contributed by atoms with van der Waals surface area (Å²) < 4.78 is 5.60. The third-order valence-corrected chi connectivity index (χ3v) is 4.19. The molecule has 1 fully saturated rings. The monoisotopic (exact) mass is 359 g/mol. The average Bonchev–Trinajstić information content (AvgIpc) is 3.25. The Labute approximate surface area is 131 Å². The van der Waals surface area contributed by atoms with Crippen molar-refractivity contribution in [2.45, 2.75) is 25.3 Å². The van der Waals surface area contributed by atoms with Gasteiger partial charge in [0.1, 0.15) is 6.04 Å². The summed E-state index contributed by atoms with van der Waals surface area (Å²) in [6.07, 6.45) is 2.12. The van der Waals surface area contributed by atoms with Crippen molar-refractivity contribution in [3.8, 4) is 0 Å². The standard InChI is InChI=1S/C14H15BrClNO3/c1-20-14(19)12(17-13(18)8-2-3-8)7-9-6-10(16)4-5-11(9)15/h4-6,8,12H,2-3,7H2,1H3,(H,17,18)/t12-/m1/s1. The van der Waals surface area contributed by atoms with Crippen LogP contribution < -0.4 is 5.32 Å². The van der Waals surface area contributed by atoms with Gasteiger partial charge in [0.05, 0.1) is 7.11 Å². The molecule has 1 aliphatic carbocycles. The summed E-state index contributed by atoms with van der Waals surface area (Å²) in [5.74, 6) is -0.491. The predicted octanol–water partition coefficient (Wildman–Crippen LogP) is 2.71. The minimum absolute atomic E-state index is 0.0463. The number of carbonyl (C=O) groups excluding carboxylic acids is 2. The molecule has 108 valence electrons. The first-order valence-electron chi connectivity index (χ1n) is 6.33. The summed E-state index contributed by atoms with van der Waals surface area (Å²) in [7, 11) is 1.31. The third kappa shape index (κ3) is 3.96. The van der Waals surface area contributed by atoms with Crippen LogP contribution in [0, 0.1) is 5.92 Å². The second kappa shape index (κ2) is 6.59. The number of hydrogen-bond donors (Lipinski definition) is 1. The van der Waals surface area contributed by atoms with Gasteiger partial charge in [-0.25, -0.2) is 4.79 Å². The van der Waals surface area contributed by atoms with E-state index in [9.17, 15) is 9.59 Å². The minimum Gasteiger partial charge on any atom is -0.467 e. The number of amides is 1. The van der Waals surface area contributed by atoms with Crippen LogP contribution in [0.15, 0.2) is 22.7 Å². The van der Waals surface area contributed by atoms with E-state index in [0.29, 0.717) is 11.4 Å². The highest BCUT2D eigenvalue weighted by Crippen LogP contribution is 2.29. The lowest BCUT2D eigenvalue weighted by atomic mass is 10.1. The van der Waals surface area contributed by atoms with Gasteiger partial charge in [-0.3, -0.25) is 4.79 Å². The molecule has 1 aliphatic rings. The van der Waals surface area contributed by atoms with Gasteiger partial charge in [0.25, 0.3) is 0 Å². The molecule has 0 bridgehead atoms. The molecule has 0 unspecified atom stereocenters. The molecule has 0 aliphatic heterocycles. The van der Waals surface area contributed by atoms with Gasteiger partial charge in [0.2, 0.25) is 5.91 Å². The Morgan fingerprint density at radius 2 is 2.20 bits per heavy atom. The van der Waals surface area contributed by atoms with Crippen molar-refractivity contribution in [3.63, 3.8) is 0 Å². The first-order valence-corrected chi connectivity index (χ1v) is 7.50. The van der Waals surface area contributed by atoms with Gasteiger partial charge >= 0.3 is 5.97 Å². The molecule has 2 rings (SSSR count). The average molecular weight is 361 g/mol. The first-order chi connectivity index (χ1) is 9.51. The van der Waals surface area contributed by atoms with Crippen molar-refractivity contribution in [1.29, 1.82) is 0 Å². The number of esters is 1. The Morgan fingerprint density at radius 1 is 1.50 bits per heavy atom. The van der Waals surface area contributed by atoms with Gasteiger partial charge in [-0.15, -0.1) is 0 Å². The Kier molecular flexibility index (Phi) is 5.05. The SMILES string of the molecule is COC(=O)[C@@H](Cc1cc(Cl)ccc1Br)NC(=O)C1CC1. The van der Waals surface area contributed by atoms with Crippen molar-refractivity contribution in [2.24, 2.45) is 5.92 Å². The molecule has 1 amide bonds. The molecule has 0 saturated heterocycles. The number of ether oxygens (including phenoxy) is 1. The fourth-order valence-electron chi connectivity index (χ4n) is 1.89. The Balaban J connectivity index is 2.11. The summed E-state index contributed by atoms with van der Waals surface area (Å²) in [4.78, 5) is 23.6. The maximum Gasteiger partial charge on any atom is 0.328 e. The molecular formula is C14H15BrClNO3. The molecule has 1 N–H and O–H groups in total. The summed E-state index contributed by atoms with van der Waals surface area (Å²) in [6.45, 7) is 0. The smallest absolute Gasteiger partial charge is 0.328 e. The van der Waals surface area contributed by atoms with Crippen LogP contribution in [0.2, 0.25) is 5.02 Å². The van der Waals surface area contributed by atoms with Gasteiger partial charge < -0.3 is 10.1 Å². The van der Waals surface area contributed by atoms with Crippen LogP contribution in [0.4, 0.5) is 0 Å². The van der Waals surface area contributed by atoms with Crippen LogP contribution >= 0.6 is 27.5 Å². The van der Waals surface area contributed by atoms with Crippen LogP contribution in [0.3, 0.4) is 0 Å². The number of carbonyl (C=O) groups is 2. The number of benzene rings is 1. The van der Waals surface area contributed by atoms with Crippen molar-refractivity contribution in [1.82, 2.24) is 5.32 Å². The predicted molar refractivity (Wildman–Crippen MR) is 79.5 cm³/mol. The lowest BCUT2D eigenvalue weighted by Crippen LogP contribution is -2.43. The maximum atomic E-state index is 11.8. The van der Waals surface area contributed by atoms with E-state index < -0.39 is 12.0 Å². The van der Waals surface area contributed by atoms with Gasteiger partial charge in [0.15, 0.2) is 0 Å². The molecule has 0 aromatic heterocycles. The highest BCUT2D eigenvalue weighted by Gasteiger charge is 2.33. The van der Waals surface area contributed by atoms with Gasteiger partial charge in [0, 0.05) is 21.8 Å². The third-order valence-electron chi connectivity index (χ3n) is 3.18. The number of halogens is 2. The second-order valence-electron chi connectivity index (χ2n) is 4.80. The van der Waals surface area contributed by atoms with Crippen LogP contribution in [0.25, 0.3) is 0 Å². The molecule has 1 aromatic carbocycles.